The van der Waals surface area contributed by atoms with Crippen molar-refractivity contribution in [1.82, 2.24) is 10.3 Å². The highest BCUT2D eigenvalue weighted by atomic mass is 19.1. The van der Waals surface area contributed by atoms with Gasteiger partial charge >= 0.3 is 0 Å². The van der Waals surface area contributed by atoms with Crippen molar-refractivity contribution in [3.05, 3.63) is 53.9 Å². The molecule has 0 aliphatic carbocycles. The van der Waals surface area contributed by atoms with E-state index in [0.717, 1.165) is 24.2 Å². The summed E-state index contributed by atoms with van der Waals surface area (Å²) >= 11 is 0. The Morgan fingerprint density at radius 1 is 1.21 bits per heavy atom. The lowest BCUT2D eigenvalue weighted by Gasteiger charge is -2.08. The zero-order valence-electron chi connectivity index (χ0n) is 10.5. The van der Waals surface area contributed by atoms with Crippen LogP contribution in [0.25, 0.3) is 0 Å². The lowest BCUT2D eigenvalue weighted by atomic mass is 10.2. The predicted molar refractivity (Wildman–Crippen MR) is 68.0 cm³/mol. The number of rotatable bonds is 5. The number of pyridine rings is 1. The molecule has 19 heavy (non-hydrogen) atoms. The lowest BCUT2D eigenvalue weighted by Crippen LogP contribution is -2.11. The van der Waals surface area contributed by atoms with Crippen LogP contribution in [-0.2, 0) is 6.54 Å². The number of nitrogens with zero attached hydrogens (tertiary/aromatic N) is 1. The molecule has 1 aromatic carbocycles. The van der Waals surface area contributed by atoms with Crippen molar-refractivity contribution in [3.63, 3.8) is 0 Å². The minimum Gasteiger partial charge on any atom is -0.453 e. The van der Waals surface area contributed by atoms with E-state index in [0.29, 0.717) is 12.3 Å². The number of hydrogen-bond acceptors (Lipinski definition) is 3. The van der Waals surface area contributed by atoms with Crippen LogP contribution in [0.1, 0.15) is 12.5 Å². The molecule has 3 nitrogen and oxygen atoms in total. The van der Waals surface area contributed by atoms with Crippen LogP contribution in [0.2, 0.25) is 0 Å². The van der Waals surface area contributed by atoms with E-state index in [1.54, 1.807) is 12.3 Å². The lowest BCUT2D eigenvalue weighted by molar-refractivity contribution is 0.435. The summed E-state index contributed by atoms with van der Waals surface area (Å²) in [7, 11) is 0. The molecule has 0 spiro atoms. The number of nitrogens with one attached hydrogen (secondary N) is 1. The highest BCUT2D eigenvalue weighted by Crippen LogP contribution is 2.24. The van der Waals surface area contributed by atoms with Gasteiger partial charge in [0.1, 0.15) is 11.6 Å². The first-order valence-corrected chi connectivity index (χ1v) is 5.96. The fourth-order valence-electron chi connectivity index (χ4n) is 1.57. The summed E-state index contributed by atoms with van der Waals surface area (Å²) in [6.45, 7) is 3.51. The number of aromatic nitrogens is 1. The molecule has 0 saturated carbocycles. The highest BCUT2D eigenvalue weighted by molar-refractivity contribution is 5.32. The van der Waals surface area contributed by atoms with Gasteiger partial charge in [-0.1, -0.05) is 6.92 Å². The first-order valence-electron chi connectivity index (χ1n) is 5.96. The third-order valence-electron chi connectivity index (χ3n) is 2.47. The highest BCUT2D eigenvalue weighted by Gasteiger charge is 2.06. The van der Waals surface area contributed by atoms with E-state index in [4.69, 9.17) is 4.74 Å². The van der Waals surface area contributed by atoms with Crippen LogP contribution < -0.4 is 10.1 Å². The summed E-state index contributed by atoms with van der Waals surface area (Å²) < 4.78 is 31.6. The van der Waals surface area contributed by atoms with Crippen LogP contribution in [-0.4, -0.2) is 11.5 Å². The molecule has 1 N–H and O–H groups in total. The molecule has 2 rings (SSSR count). The molecule has 0 aliphatic heterocycles. The van der Waals surface area contributed by atoms with Crippen LogP contribution >= 0.6 is 0 Å². The molecule has 0 aliphatic rings. The molecule has 0 saturated heterocycles. The van der Waals surface area contributed by atoms with Gasteiger partial charge in [0.2, 0.25) is 0 Å². The third-order valence-corrected chi connectivity index (χ3v) is 2.47. The number of benzene rings is 1. The Hall–Kier alpha value is -2.01. The van der Waals surface area contributed by atoms with Crippen molar-refractivity contribution >= 4 is 0 Å². The Morgan fingerprint density at radius 2 is 2.05 bits per heavy atom. The molecule has 1 heterocycles. The molecule has 2 aromatic rings. The van der Waals surface area contributed by atoms with Gasteiger partial charge in [0.05, 0.1) is 6.20 Å². The second-order valence-electron chi connectivity index (χ2n) is 3.99. The molecule has 0 radical (unpaired) electrons. The average molecular weight is 264 g/mol. The maximum Gasteiger partial charge on any atom is 0.168 e. The van der Waals surface area contributed by atoms with Gasteiger partial charge in [-0.2, -0.15) is 0 Å². The number of ether oxygens (including phenoxy) is 1. The average Bonchev–Trinajstić information content (AvgIpc) is 2.40. The molecule has 0 unspecified atom stereocenters. The van der Waals surface area contributed by atoms with E-state index in [2.05, 4.69) is 10.3 Å². The largest absolute Gasteiger partial charge is 0.453 e. The maximum absolute atomic E-state index is 13.4. The SMILES string of the molecule is CCNCc1cncc(Oc2ccc(F)cc2F)c1. The zero-order valence-corrected chi connectivity index (χ0v) is 10.5. The monoisotopic (exact) mass is 264 g/mol. The number of halogens is 2. The Morgan fingerprint density at radius 3 is 2.79 bits per heavy atom. The Kier molecular flexibility index (Phi) is 4.41. The van der Waals surface area contributed by atoms with Crippen molar-refractivity contribution in [1.29, 1.82) is 0 Å². The van der Waals surface area contributed by atoms with Gasteiger partial charge in [-0.25, -0.2) is 8.78 Å². The van der Waals surface area contributed by atoms with E-state index in [-0.39, 0.29) is 5.75 Å². The molecule has 0 fully saturated rings. The van der Waals surface area contributed by atoms with E-state index in [9.17, 15) is 8.78 Å². The third kappa shape index (κ3) is 3.72. The van der Waals surface area contributed by atoms with Crippen molar-refractivity contribution < 1.29 is 13.5 Å². The zero-order chi connectivity index (χ0) is 13.7. The van der Waals surface area contributed by atoms with Crippen molar-refractivity contribution in [2.45, 2.75) is 13.5 Å². The molecule has 1 aromatic heterocycles. The summed E-state index contributed by atoms with van der Waals surface area (Å²) in [6, 6.07) is 4.94. The fourth-order valence-corrected chi connectivity index (χ4v) is 1.57. The summed E-state index contributed by atoms with van der Waals surface area (Å²) in [5.74, 6) is -0.981. The van der Waals surface area contributed by atoms with Crippen LogP contribution in [0.5, 0.6) is 11.5 Å². The van der Waals surface area contributed by atoms with Gasteiger partial charge in [-0.3, -0.25) is 4.98 Å². The second kappa shape index (κ2) is 6.24. The van der Waals surface area contributed by atoms with E-state index in [1.165, 1.54) is 12.3 Å². The van der Waals surface area contributed by atoms with E-state index < -0.39 is 11.6 Å². The van der Waals surface area contributed by atoms with Crippen LogP contribution in [0, 0.1) is 11.6 Å². The van der Waals surface area contributed by atoms with Gasteiger partial charge in [-0.15, -0.1) is 0 Å². The molecular weight excluding hydrogens is 250 g/mol. The molecule has 0 bridgehead atoms. The topological polar surface area (TPSA) is 34.2 Å². The van der Waals surface area contributed by atoms with Crippen molar-refractivity contribution in [2.75, 3.05) is 6.54 Å². The molecular formula is C14H14F2N2O. The molecule has 100 valence electrons. The van der Waals surface area contributed by atoms with Crippen LogP contribution in [0.3, 0.4) is 0 Å². The molecule has 0 amide bonds. The normalized spacial score (nSPS) is 10.5. The van der Waals surface area contributed by atoms with Gasteiger partial charge in [0.15, 0.2) is 11.6 Å². The summed E-state index contributed by atoms with van der Waals surface area (Å²) in [6.07, 6.45) is 3.19. The van der Waals surface area contributed by atoms with Crippen molar-refractivity contribution in [3.8, 4) is 11.5 Å². The second-order valence-corrected chi connectivity index (χ2v) is 3.99. The minimum absolute atomic E-state index is 0.0243. The van der Waals surface area contributed by atoms with Crippen LogP contribution in [0.15, 0.2) is 36.7 Å². The van der Waals surface area contributed by atoms with Crippen LogP contribution in [0.4, 0.5) is 8.78 Å². The van der Waals surface area contributed by atoms with E-state index >= 15 is 0 Å². The number of hydrogen-bond donors (Lipinski definition) is 1. The van der Waals surface area contributed by atoms with Gasteiger partial charge in [0, 0.05) is 18.8 Å². The Balaban J connectivity index is 2.14. The van der Waals surface area contributed by atoms with Gasteiger partial charge in [0.25, 0.3) is 0 Å². The van der Waals surface area contributed by atoms with E-state index in [1.807, 2.05) is 6.92 Å². The van der Waals surface area contributed by atoms with Gasteiger partial charge in [-0.05, 0) is 30.3 Å². The predicted octanol–water partition coefficient (Wildman–Crippen LogP) is 3.26. The summed E-state index contributed by atoms with van der Waals surface area (Å²) in [4.78, 5) is 4.02. The molecule has 0 atom stereocenters. The van der Waals surface area contributed by atoms with Crippen molar-refractivity contribution in [2.24, 2.45) is 0 Å². The quantitative estimate of drug-likeness (QED) is 0.900. The fraction of sp³-hybridized carbons (Fsp3) is 0.214. The molecule has 5 heteroatoms. The first-order chi connectivity index (χ1) is 9.19. The Labute approximate surface area is 110 Å². The first kappa shape index (κ1) is 13.4. The smallest absolute Gasteiger partial charge is 0.168 e. The minimum atomic E-state index is -0.739. The maximum atomic E-state index is 13.4. The summed E-state index contributed by atoms with van der Waals surface area (Å²) in [5.41, 5.74) is 0.932. The Bertz CT molecular complexity index is 561. The van der Waals surface area contributed by atoms with Gasteiger partial charge < -0.3 is 10.1 Å². The standard InChI is InChI=1S/C14H14F2N2O/c1-2-17-7-10-5-12(9-18-8-10)19-14-4-3-11(15)6-13(14)16/h3-6,8-9,17H,2,7H2,1H3. The summed E-state index contributed by atoms with van der Waals surface area (Å²) in [5, 5.41) is 3.16.